The Bertz CT molecular complexity index is 1050. The van der Waals surface area contributed by atoms with E-state index in [-0.39, 0.29) is 11.4 Å². The molecule has 0 saturated carbocycles. The van der Waals surface area contributed by atoms with E-state index in [4.69, 9.17) is 20.6 Å². The minimum Gasteiger partial charge on any atom is -0.487 e. The van der Waals surface area contributed by atoms with E-state index >= 15 is 0 Å². The smallest absolute Gasteiger partial charge is 0.286 e. The minimum absolute atomic E-state index is 0.000156. The van der Waals surface area contributed by atoms with Crippen LogP contribution in [0.2, 0.25) is 0 Å². The van der Waals surface area contributed by atoms with Crippen LogP contribution in [0.15, 0.2) is 47.1 Å². The van der Waals surface area contributed by atoms with Gasteiger partial charge in [-0.25, -0.2) is 0 Å². The Morgan fingerprint density at radius 3 is 2.88 bits per heavy atom. The van der Waals surface area contributed by atoms with Crippen LogP contribution in [-0.4, -0.2) is 10.9 Å². The van der Waals surface area contributed by atoms with E-state index in [1.807, 2.05) is 30.3 Å². The Hall–Kier alpha value is -3.06. The summed E-state index contributed by atoms with van der Waals surface area (Å²) in [5, 5.41) is 0.845. The molecule has 0 aliphatic rings. The van der Waals surface area contributed by atoms with Crippen molar-refractivity contribution in [2.45, 2.75) is 6.61 Å². The van der Waals surface area contributed by atoms with E-state index in [1.54, 1.807) is 12.4 Å². The molecule has 4 rings (SSSR count). The molecule has 7 heteroatoms. The third-order valence-corrected chi connectivity index (χ3v) is 4.90. The molecule has 1 aromatic carbocycles. The van der Waals surface area contributed by atoms with Crippen molar-refractivity contribution in [1.82, 2.24) is 4.98 Å². The lowest BCUT2D eigenvalue weighted by atomic mass is 10.2. The number of benzene rings is 1. The maximum absolute atomic E-state index is 11.4. The van der Waals surface area contributed by atoms with E-state index in [1.165, 1.54) is 11.3 Å². The van der Waals surface area contributed by atoms with Crippen molar-refractivity contribution in [3.05, 3.63) is 54.0 Å². The third-order valence-electron chi connectivity index (χ3n) is 3.67. The summed E-state index contributed by atoms with van der Waals surface area (Å²) in [5.41, 5.74) is 13.1. The second-order valence-corrected chi connectivity index (χ2v) is 6.27. The van der Waals surface area contributed by atoms with E-state index in [2.05, 4.69) is 4.98 Å². The topological polar surface area (TPSA) is 104 Å². The molecule has 120 valence electrons. The van der Waals surface area contributed by atoms with Gasteiger partial charge in [0, 0.05) is 23.3 Å². The zero-order valence-corrected chi connectivity index (χ0v) is 13.3. The molecule has 0 spiro atoms. The molecule has 0 fully saturated rings. The minimum atomic E-state index is -0.673. The molecule has 3 aromatic heterocycles. The van der Waals surface area contributed by atoms with Gasteiger partial charge in [-0.3, -0.25) is 9.78 Å². The summed E-state index contributed by atoms with van der Waals surface area (Å²) in [5.74, 6) is 0.0561. The number of carbonyl (C=O) groups excluding carboxylic acids is 1. The lowest BCUT2D eigenvalue weighted by Crippen LogP contribution is -2.11. The van der Waals surface area contributed by atoms with Crippen LogP contribution in [0.25, 0.3) is 20.4 Å². The molecule has 24 heavy (non-hydrogen) atoms. The highest BCUT2D eigenvalue weighted by Gasteiger charge is 2.21. The first-order valence-corrected chi connectivity index (χ1v) is 8.02. The summed E-state index contributed by atoms with van der Waals surface area (Å²) in [6, 6.07) is 9.47. The van der Waals surface area contributed by atoms with Gasteiger partial charge in [-0.05, 0) is 18.2 Å². The number of ether oxygens (including phenoxy) is 1. The van der Waals surface area contributed by atoms with E-state index < -0.39 is 5.91 Å². The number of aromatic nitrogens is 1. The number of nitrogen functional groups attached to an aromatic ring is 1. The maximum atomic E-state index is 11.4. The van der Waals surface area contributed by atoms with Crippen LogP contribution in [0.4, 0.5) is 5.69 Å². The van der Waals surface area contributed by atoms with E-state index in [0.717, 1.165) is 21.4 Å². The van der Waals surface area contributed by atoms with Gasteiger partial charge >= 0.3 is 0 Å². The number of rotatable bonds is 4. The number of nitrogens with two attached hydrogens (primary N) is 2. The van der Waals surface area contributed by atoms with Gasteiger partial charge in [-0.1, -0.05) is 12.1 Å². The maximum Gasteiger partial charge on any atom is 0.286 e. The highest BCUT2D eigenvalue weighted by atomic mass is 32.1. The first-order valence-electron chi connectivity index (χ1n) is 7.20. The summed E-state index contributed by atoms with van der Waals surface area (Å²) in [4.78, 5) is 15.4. The van der Waals surface area contributed by atoms with Crippen LogP contribution in [0.1, 0.15) is 16.1 Å². The lowest BCUT2D eigenvalue weighted by molar-refractivity contribution is 0.0977. The van der Waals surface area contributed by atoms with E-state index in [0.29, 0.717) is 16.9 Å². The fourth-order valence-electron chi connectivity index (χ4n) is 2.55. The average molecular weight is 339 g/mol. The zero-order valence-electron chi connectivity index (χ0n) is 12.5. The van der Waals surface area contributed by atoms with Crippen molar-refractivity contribution in [2.24, 2.45) is 5.73 Å². The fourth-order valence-corrected chi connectivity index (χ4v) is 3.70. The molecule has 1 amide bonds. The fraction of sp³-hybridized carbons (Fsp3) is 0.0588. The lowest BCUT2D eigenvalue weighted by Gasteiger charge is -2.06. The van der Waals surface area contributed by atoms with Crippen LogP contribution in [0, 0.1) is 0 Å². The molecule has 6 nitrogen and oxygen atoms in total. The Morgan fingerprint density at radius 1 is 1.25 bits per heavy atom. The summed E-state index contributed by atoms with van der Waals surface area (Å²) < 4.78 is 13.1. The number of anilines is 1. The SMILES string of the molecule is NC(=O)c1oc2c(sc3c(OCc4cccnc4)cccc32)c1N. The van der Waals surface area contributed by atoms with Crippen LogP contribution < -0.4 is 16.2 Å². The highest BCUT2D eigenvalue weighted by molar-refractivity contribution is 7.26. The molecule has 0 unspecified atom stereocenters. The van der Waals surface area contributed by atoms with Gasteiger partial charge in [0.25, 0.3) is 5.91 Å². The van der Waals surface area contributed by atoms with Crippen LogP contribution in [0.3, 0.4) is 0 Å². The summed E-state index contributed by atoms with van der Waals surface area (Å²) >= 11 is 1.42. The van der Waals surface area contributed by atoms with Crippen molar-refractivity contribution >= 4 is 43.3 Å². The van der Waals surface area contributed by atoms with Gasteiger partial charge in [-0.15, -0.1) is 11.3 Å². The molecule has 0 aliphatic carbocycles. The molecular formula is C17H13N3O3S. The number of fused-ring (bicyclic) bond motifs is 3. The quantitative estimate of drug-likeness (QED) is 0.593. The summed E-state index contributed by atoms with van der Waals surface area (Å²) in [6.45, 7) is 0.411. The van der Waals surface area contributed by atoms with Crippen molar-refractivity contribution in [3.63, 3.8) is 0 Å². The molecule has 3 heterocycles. The number of hydrogen-bond acceptors (Lipinski definition) is 6. The van der Waals surface area contributed by atoms with Crippen molar-refractivity contribution < 1.29 is 13.9 Å². The van der Waals surface area contributed by atoms with Crippen molar-refractivity contribution in [1.29, 1.82) is 0 Å². The number of nitrogens with zero attached hydrogens (tertiary/aromatic N) is 1. The van der Waals surface area contributed by atoms with Crippen LogP contribution >= 0.6 is 11.3 Å². The number of furan rings is 1. The standard InChI is InChI=1S/C17H13N3O3S/c18-12-14(17(19)21)23-13-10-4-1-5-11(15(10)24-16(12)13)22-8-9-3-2-6-20-7-9/h1-7H,8,18H2,(H2,19,21). The first kappa shape index (κ1) is 14.5. The Labute approximate surface area is 140 Å². The molecule has 0 saturated heterocycles. The Morgan fingerprint density at radius 2 is 2.12 bits per heavy atom. The van der Waals surface area contributed by atoms with Gasteiger partial charge in [0.2, 0.25) is 5.76 Å². The second-order valence-electron chi connectivity index (χ2n) is 5.25. The number of carbonyl (C=O) groups is 1. The van der Waals surface area contributed by atoms with Gasteiger partial charge in [0.15, 0.2) is 5.58 Å². The molecule has 0 atom stereocenters. The van der Waals surface area contributed by atoms with Crippen LogP contribution in [-0.2, 0) is 6.61 Å². The Balaban J connectivity index is 1.77. The predicted octanol–water partition coefficient (Wildman–Crippen LogP) is 3.30. The molecule has 4 N–H and O–H groups in total. The second kappa shape index (κ2) is 5.54. The van der Waals surface area contributed by atoms with Crippen molar-refractivity contribution in [3.8, 4) is 5.75 Å². The third kappa shape index (κ3) is 2.26. The predicted molar refractivity (Wildman–Crippen MR) is 93.1 cm³/mol. The van der Waals surface area contributed by atoms with Gasteiger partial charge in [0.1, 0.15) is 18.0 Å². The number of thiophene rings is 1. The molecule has 0 radical (unpaired) electrons. The van der Waals surface area contributed by atoms with Gasteiger partial charge < -0.3 is 20.6 Å². The Kier molecular flexibility index (Phi) is 3.35. The first-order chi connectivity index (χ1) is 11.6. The average Bonchev–Trinajstić information content (AvgIpc) is 3.11. The molecule has 4 aromatic rings. The van der Waals surface area contributed by atoms with Crippen molar-refractivity contribution in [2.75, 3.05) is 5.73 Å². The summed E-state index contributed by atoms with van der Waals surface area (Å²) in [6.07, 6.45) is 3.48. The molecular weight excluding hydrogens is 326 g/mol. The monoisotopic (exact) mass is 339 g/mol. The van der Waals surface area contributed by atoms with Gasteiger partial charge in [-0.2, -0.15) is 0 Å². The largest absolute Gasteiger partial charge is 0.487 e. The van der Waals surface area contributed by atoms with Gasteiger partial charge in [0.05, 0.1) is 9.40 Å². The molecule has 0 bridgehead atoms. The number of amides is 1. The van der Waals surface area contributed by atoms with Crippen LogP contribution in [0.5, 0.6) is 5.75 Å². The number of hydrogen-bond donors (Lipinski definition) is 2. The zero-order chi connectivity index (χ0) is 16.7. The summed E-state index contributed by atoms with van der Waals surface area (Å²) in [7, 11) is 0. The number of pyridine rings is 1. The van der Waals surface area contributed by atoms with E-state index in [9.17, 15) is 4.79 Å². The number of primary amides is 1. The normalized spacial score (nSPS) is 11.2. The highest BCUT2D eigenvalue weighted by Crippen LogP contribution is 2.44. The molecule has 0 aliphatic heterocycles.